The highest BCUT2D eigenvalue weighted by Gasteiger charge is 2.52. The molecule has 2 aromatic rings. The average Bonchev–Trinajstić information content (AvgIpc) is 2.91. The quantitative estimate of drug-likeness (QED) is 0.146. The maximum absolute atomic E-state index is 12.0. The normalized spacial score (nSPS) is 21.4. The summed E-state index contributed by atoms with van der Waals surface area (Å²) in [6.45, 7) is 4.27. The van der Waals surface area contributed by atoms with Gasteiger partial charge < -0.3 is 29.0 Å². The number of hydrazone groups is 1. The molecule has 0 aromatic heterocycles. The largest absolute Gasteiger partial charge is 0.463 e. The first-order chi connectivity index (χ1) is 19.5. The Bertz CT molecular complexity index is 1230. The Labute approximate surface area is 242 Å². The predicted octanol–water partition coefficient (Wildman–Crippen LogP) is 1.99. The first kappa shape index (κ1) is 31.2. The van der Waals surface area contributed by atoms with Crippen molar-refractivity contribution in [2.24, 2.45) is 5.10 Å². The number of carbonyl (C=O) groups excluding carboxylic acids is 4. The van der Waals surface area contributed by atoms with E-state index in [2.05, 4.69) is 15.8 Å². The Balaban J connectivity index is 1.91. The highest BCUT2D eigenvalue weighted by atomic mass is 32.1. The SMILES string of the molecule is CC(=O)OC[C@H]1O[C@@H](NC(=S)NN=C(c2ccccc2)c2ccccc2)[C@H](OC(C)=O)[C@@H](OC(C)=O)[C@@H]1OC(C)=O. The molecule has 2 N–H and O–H groups in total. The topological polar surface area (TPSA) is 151 Å². The molecule has 41 heavy (non-hydrogen) atoms. The lowest BCUT2D eigenvalue weighted by atomic mass is 9.97. The van der Waals surface area contributed by atoms with Crippen LogP contribution in [0.3, 0.4) is 0 Å². The van der Waals surface area contributed by atoms with E-state index in [-0.39, 0.29) is 11.7 Å². The molecule has 1 fully saturated rings. The van der Waals surface area contributed by atoms with Crippen LogP contribution in [-0.4, -0.2) is 72.0 Å². The fourth-order valence-electron chi connectivity index (χ4n) is 4.10. The highest BCUT2D eigenvalue weighted by Crippen LogP contribution is 2.28. The second-order valence-corrected chi connectivity index (χ2v) is 9.31. The Kier molecular flexibility index (Phi) is 11.3. The van der Waals surface area contributed by atoms with E-state index in [1.165, 1.54) is 6.92 Å². The van der Waals surface area contributed by atoms with Crippen LogP contribution >= 0.6 is 12.2 Å². The van der Waals surface area contributed by atoms with E-state index in [1.807, 2.05) is 60.7 Å². The molecule has 0 spiro atoms. The van der Waals surface area contributed by atoms with Crippen LogP contribution in [0.15, 0.2) is 65.8 Å². The van der Waals surface area contributed by atoms with Gasteiger partial charge in [0.2, 0.25) is 0 Å². The third-order valence-electron chi connectivity index (χ3n) is 5.63. The lowest BCUT2D eigenvalue weighted by Crippen LogP contribution is -2.66. The first-order valence-electron chi connectivity index (χ1n) is 12.6. The lowest BCUT2D eigenvalue weighted by molar-refractivity contribution is -0.254. The van der Waals surface area contributed by atoms with Crippen molar-refractivity contribution in [3.63, 3.8) is 0 Å². The van der Waals surface area contributed by atoms with E-state index < -0.39 is 54.5 Å². The average molecular weight is 586 g/mol. The molecule has 1 aliphatic heterocycles. The second-order valence-electron chi connectivity index (χ2n) is 8.90. The van der Waals surface area contributed by atoms with Gasteiger partial charge in [0.15, 0.2) is 29.7 Å². The number of rotatable bonds is 9. The molecular formula is C28H31N3O9S. The van der Waals surface area contributed by atoms with Gasteiger partial charge in [0.1, 0.15) is 12.7 Å². The van der Waals surface area contributed by atoms with E-state index >= 15 is 0 Å². The van der Waals surface area contributed by atoms with Crippen LogP contribution in [0.4, 0.5) is 0 Å². The number of thiocarbonyl (C=S) groups is 1. The first-order valence-corrected chi connectivity index (χ1v) is 13.0. The zero-order valence-corrected chi connectivity index (χ0v) is 23.7. The summed E-state index contributed by atoms with van der Waals surface area (Å²) in [5.74, 6) is -2.81. The summed E-state index contributed by atoms with van der Waals surface area (Å²) >= 11 is 5.46. The van der Waals surface area contributed by atoms with E-state index in [4.69, 9.17) is 35.9 Å². The van der Waals surface area contributed by atoms with Crippen LogP contribution in [0.5, 0.6) is 0 Å². The van der Waals surface area contributed by atoms with Gasteiger partial charge in [-0.2, -0.15) is 5.10 Å². The zero-order chi connectivity index (χ0) is 29.9. The molecule has 1 heterocycles. The van der Waals surface area contributed by atoms with Gasteiger partial charge in [0, 0.05) is 38.8 Å². The fourth-order valence-corrected chi connectivity index (χ4v) is 4.26. The van der Waals surface area contributed by atoms with E-state index in [0.717, 1.165) is 31.9 Å². The molecule has 2 aromatic carbocycles. The number of nitrogens with one attached hydrogen (secondary N) is 2. The molecule has 0 unspecified atom stereocenters. The van der Waals surface area contributed by atoms with E-state index in [1.54, 1.807) is 0 Å². The van der Waals surface area contributed by atoms with Gasteiger partial charge in [-0.05, 0) is 12.2 Å². The third kappa shape index (κ3) is 9.36. The van der Waals surface area contributed by atoms with Gasteiger partial charge in [-0.3, -0.25) is 24.6 Å². The van der Waals surface area contributed by atoms with Crippen LogP contribution in [0, 0.1) is 0 Å². The van der Waals surface area contributed by atoms with Gasteiger partial charge in [0.25, 0.3) is 0 Å². The smallest absolute Gasteiger partial charge is 0.303 e. The predicted molar refractivity (Wildman–Crippen MR) is 149 cm³/mol. The molecule has 0 radical (unpaired) electrons. The number of benzene rings is 2. The summed E-state index contributed by atoms with van der Waals surface area (Å²) in [4.78, 5) is 47.5. The molecule has 0 saturated carbocycles. The molecular weight excluding hydrogens is 554 g/mol. The maximum Gasteiger partial charge on any atom is 0.303 e. The molecule has 0 aliphatic carbocycles. The molecule has 1 saturated heterocycles. The molecule has 1 aliphatic rings. The molecule has 3 rings (SSSR count). The molecule has 12 nitrogen and oxygen atoms in total. The number of ether oxygens (including phenoxy) is 5. The number of nitrogens with zero attached hydrogens (tertiary/aromatic N) is 1. The zero-order valence-electron chi connectivity index (χ0n) is 22.9. The standard InChI is InChI=1S/C28H31N3O9S/c1-16(32)36-15-22-24(37-17(2)33)25(38-18(3)34)26(39-19(4)35)27(40-22)29-28(41)31-30-23(20-11-7-5-8-12-20)21-13-9-6-10-14-21/h5-14,22,24-27H,15H2,1-4H3,(H2,29,31,41)/t22-,24-,25+,26-,27-/m1/s1. The Hall–Kier alpha value is -4.36. The molecule has 218 valence electrons. The molecule has 5 atom stereocenters. The summed E-state index contributed by atoms with van der Waals surface area (Å²) in [5, 5.41) is 7.33. The summed E-state index contributed by atoms with van der Waals surface area (Å²) in [7, 11) is 0. The highest BCUT2D eigenvalue weighted by molar-refractivity contribution is 7.80. The minimum absolute atomic E-state index is 0.0322. The summed E-state index contributed by atoms with van der Waals surface area (Å²) in [6.07, 6.45) is -6.28. The number of esters is 4. The van der Waals surface area contributed by atoms with Crippen molar-refractivity contribution in [3.05, 3.63) is 71.8 Å². The Morgan fingerprint density at radius 3 is 1.73 bits per heavy atom. The van der Waals surface area contributed by atoms with Crippen LogP contribution in [0.1, 0.15) is 38.8 Å². The van der Waals surface area contributed by atoms with Gasteiger partial charge >= 0.3 is 23.9 Å². The minimum Gasteiger partial charge on any atom is -0.463 e. The van der Waals surface area contributed by atoms with Crippen molar-refractivity contribution in [2.75, 3.05) is 6.61 Å². The van der Waals surface area contributed by atoms with Crippen LogP contribution in [-0.2, 0) is 42.9 Å². The third-order valence-corrected chi connectivity index (χ3v) is 5.84. The van der Waals surface area contributed by atoms with Crippen molar-refractivity contribution in [3.8, 4) is 0 Å². The number of hydrogen-bond acceptors (Lipinski definition) is 11. The minimum atomic E-state index is -1.33. The monoisotopic (exact) mass is 585 g/mol. The lowest BCUT2D eigenvalue weighted by Gasteiger charge is -2.44. The van der Waals surface area contributed by atoms with Gasteiger partial charge in [-0.25, -0.2) is 0 Å². The van der Waals surface area contributed by atoms with Crippen molar-refractivity contribution in [1.29, 1.82) is 0 Å². The van der Waals surface area contributed by atoms with Crippen molar-refractivity contribution >= 4 is 46.9 Å². The van der Waals surface area contributed by atoms with Crippen molar-refractivity contribution in [2.45, 2.75) is 58.3 Å². The van der Waals surface area contributed by atoms with Crippen LogP contribution in [0.2, 0.25) is 0 Å². The number of hydrogen-bond donors (Lipinski definition) is 2. The summed E-state index contributed by atoms with van der Waals surface area (Å²) in [5.41, 5.74) is 5.01. The van der Waals surface area contributed by atoms with Gasteiger partial charge in [-0.15, -0.1) is 0 Å². The van der Waals surface area contributed by atoms with Crippen LogP contribution in [0.25, 0.3) is 0 Å². The van der Waals surface area contributed by atoms with Crippen molar-refractivity contribution < 1.29 is 42.9 Å². The van der Waals surface area contributed by atoms with Gasteiger partial charge in [-0.1, -0.05) is 60.7 Å². The van der Waals surface area contributed by atoms with Crippen LogP contribution < -0.4 is 10.7 Å². The maximum atomic E-state index is 12.0. The number of carbonyl (C=O) groups is 4. The van der Waals surface area contributed by atoms with Crippen molar-refractivity contribution in [1.82, 2.24) is 10.7 Å². The Morgan fingerprint density at radius 1 is 0.756 bits per heavy atom. The Morgan fingerprint density at radius 2 is 1.24 bits per heavy atom. The fraction of sp³-hybridized carbons (Fsp3) is 0.357. The van der Waals surface area contributed by atoms with E-state index in [0.29, 0.717) is 5.71 Å². The molecule has 0 bridgehead atoms. The molecule has 13 heteroatoms. The second kappa shape index (κ2) is 14.9. The molecule has 0 amide bonds. The van der Waals surface area contributed by atoms with Gasteiger partial charge in [0.05, 0.1) is 5.71 Å². The summed E-state index contributed by atoms with van der Waals surface area (Å²) < 4.78 is 27.4. The summed E-state index contributed by atoms with van der Waals surface area (Å²) in [6, 6.07) is 18.8. The van der Waals surface area contributed by atoms with E-state index in [9.17, 15) is 19.2 Å².